The highest BCUT2D eigenvalue weighted by atomic mass is 79.9. The standard InChI is InChI=1S/C14H22BrNO/c1-11(17-3)8-12(10-16-2)9-13-6-4-5-7-14(13)15/h4-7,11-12,16H,8-10H2,1-3H3. The van der Waals surface area contributed by atoms with Crippen LogP contribution in [0.4, 0.5) is 0 Å². The van der Waals surface area contributed by atoms with Crippen molar-refractivity contribution in [1.82, 2.24) is 5.32 Å². The summed E-state index contributed by atoms with van der Waals surface area (Å²) in [4.78, 5) is 0. The number of hydrogen-bond donors (Lipinski definition) is 1. The summed E-state index contributed by atoms with van der Waals surface area (Å²) >= 11 is 3.61. The fourth-order valence-corrected chi connectivity index (χ4v) is 2.51. The van der Waals surface area contributed by atoms with Gasteiger partial charge in [-0.15, -0.1) is 0 Å². The first kappa shape index (κ1) is 14.7. The molecule has 1 aromatic rings. The summed E-state index contributed by atoms with van der Waals surface area (Å²) in [6.07, 6.45) is 2.48. The molecule has 0 radical (unpaired) electrons. The lowest BCUT2D eigenvalue weighted by Gasteiger charge is -2.20. The number of rotatable bonds is 7. The molecule has 0 aromatic heterocycles. The lowest BCUT2D eigenvalue weighted by atomic mass is 9.94. The van der Waals surface area contributed by atoms with Crippen LogP contribution in [0.2, 0.25) is 0 Å². The maximum Gasteiger partial charge on any atom is 0.0546 e. The predicted octanol–water partition coefficient (Wildman–Crippen LogP) is 3.25. The fourth-order valence-electron chi connectivity index (χ4n) is 2.07. The molecule has 2 unspecified atom stereocenters. The van der Waals surface area contributed by atoms with Gasteiger partial charge in [0.2, 0.25) is 0 Å². The van der Waals surface area contributed by atoms with Crippen LogP contribution >= 0.6 is 15.9 Å². The SMILES string of the molecule is CNCC(Cc1ccccc1Br)CC(C)OC. The Morgan fingerprint density at radius 3 is 2.65 bits per heavy atom. The second-order valence-corrected chi connectivity index (χ2v) is 5.36. The number of methoxy groups -OCH3 is 1. The van der Waals surface area contributed by atoms with E-state index in [1.165, 1.54) is 10.0 Å². The zero-order chi connectivity index (χ0) is 12.7. The molecule has 1 N–H and O–H groups in total. The summed E-state index contributed by atoms with van der Waals surface area (Å²) in [7, 11) is 3.78. The molecule has 2 atom stereocenters. The minimum absolute atomic E-state index is 0.316. The van der Waals surface area contributed by atoms with E-state index in [9.17, 15) is 0 Å². The van der Waals surface area contributed by atoms with Gasteiger partial charge in [-0.3, -0.25) is 0 Å². The number of nitrogens with one attached hydrogen (secondary N) is 1. The molecule has 96 valence electrons. The fraction of sp³-hybridized carbons (Fsp3) is 0.571. The van der Waals surface area contributed by atoms with Gasteiger partial charge in [-0.25, -0.2) is 0 Å². The second-order valence-electron chi connectivity index (χ2n) is 4.50. The van der Waals surface area contributed by atoms with E-state index in [1.807, 2.05) is 7.05 Å². The molecule has 0 aliphatic carbocycles. The summed E-state index contributed by atoms with van der Waals surface area (Å²) in [6.45, 7) is 3.15. The van der Waals surface area contributed by atoms with Crippen LogP contribution in [0.1, 0.15) is 18.9 Å². The van der Waals surface area contributed by atoms with Gasteiger partial charge in [0, 0.05) is 11.6 Å². The van der Waals surface area contributed by atoms with Gasteiger partial charge < -0.3 is 10.1 Å². The monoisotopic (exact) mass is 299 g/mol. The lowest BCUT2D eigenvalue weighted by Crippen LogP contribution is -2.25. The quantitative estimate of drug-likeness (QED) is 0.834. The third-order valence-electron chi connectivity index (χ3n) is 3.03. The molecule has 0 aliphatic heterocycles. The molecule has 1 rings (SSSR count). The molecular weight excluding hydrogens is 278 g/mol. The van der Waals surface area contributed by atoms with Crippen molar-refractivity contribution >= 4 is 15.9 Å². The lowest BCUT2D eigenvalue weighted by molar-refractivity contribution is 0.0949. The maximum atomic E-state index is 5.36. The van der Waals surface area contributed by atoms with Gasteiger partial charge in [0.1, 0.15) is 0 Å². The number of halogens is 1. The molecule has 0 heterocycles. The average Bonchev–Trinajstić information content (AvgIpc) is 2.32. The zero-order valence-electron chi connectivity index (χ0n) is 10.9. The summed E-state index contributed by atoms with van der Waals surface area (Å²) in [5, 5.41) is 3.27. The predicted molar refractivity (Wildman–Crippen MR) is 76.4 cm³/mol. The molecule has 3 heteroatoms. The van der Waals surface area contributed by atoms with Gasteiger partial charge in [0.15, 0.2) is 0 Å². The van der Waals surface area contributed by atoms with Crippen LogP contribution in [0, 0.1) is 5.92 Å². The molecule has 0 spiro atoms. The molecule has 0 bridgehead atoms. The highest BCUT2D eigenvalue weighted by molar-refractivity contribution is 9.10. The Hall–Kier alpha value is -0.380. The average molecular weight is 300 g/mol. The second kappa shape index (κ2) is 7.85. The molecule has 0 aliphatic rings. The van der Waals surface area contributed by atoms with Crippen LogP contribution < -0.4 is 5.32 Å². The van der Waals surface area contributed by atoms with Gasteiger partial charge in [-0.1, -0.05) is 34.1 Å². The van der Waals surface area contributed by atoms with E-state index in [-0.39, 0.29) is 0 Å². The Kier molecular flexibility index (Phi) is 6.78. The molecular formula is C14H22BrNO. The van der Waals surface area contributed by atoms with E-state index < -0.39 is 0 Å². The first-order valence-corrected chi connectivity index (χ1v) is 6.87. The summed E-state index contributed by atoms with van der Waals surface area (Å²) in [5.74, 6) is 0.605. The van der Waals surface area contributed by atoms with E-state index in [2.05, 4.69) is 52.4 Å². The molecule has 17 heavy (non-hydrogen) atoms. The number of hydrogen-bond acceptors (Lipinski definition) is 2. The zero-order valence-corrected chi connectivity index (χ0v) is 12.5. The maximum absolute atomic E-state index is 5.36. The third kappa shape index (κ3) is 5.19. The van der Waals surface area contributed by atoms with E-state index in [1.54, 1.807) is 7.11 Å². The minimum atomic E-state index is 0.316. The van der Waals surface area contributed by atoms with E-state index >= 15 is 0 Å². The molecule has 2 nitrogen and oxygen atoms in total. The molecule has 0 saturated carbocycles. The van der Waals surface area contributed by atoms with Crippen molar-refractivity contribution in [2.75, 3.05) is 20.7 Å². The topological polar surface area (TPSA) is 21.3 Å². The van der Waals surface area contributed by atoms with Crippen molar-refractivity contribution < 1.29 is 4.74 Å². The number of benzene rings is 1. The Morgan fingerprint density at radius 2 is 2.06 bits per heavy atom. The Bertz CT molecular complexity index is 330. The van der Waals surface area contributed by atoms with Gasteiger partial charge in [0.05, 0.1) is 6.10 Å². The minimum Gasteiger partial charge on any atom is -0.382 e. The van der Waals surface area contributed by atoms with Crippen molar-refractivity contribution in [3.8, 4) is 0 Å². The van der Waals surface area contributed by atoms with E-state index in [0.29, 0.717) is 12.0 Å². The summed E-state index contributed by atoms with van der Waals surface area (Å²) < 4.78 is 6.56. The Labute approximate surface area is 113 Å². The molecule has 0 amide bonds. The largest absolute Gasteiger partial charge is 0.382 e. The van der Waals surface area contributed by atoms with Crippen molar-refractivity contribution in [1.29, 1.82) is 0 Å². The van der Waals surface area contributed by atoms with E-state index in [4.69, 9.17) is 4.74 Å². The summed E-state index contributed by atoms with van der Waals surface area (Å²) in [5.41, 5.74) is 1.37. The Morgan fingerprint density at radius 1 is 1.35 bits per heavy atom. The Balaban J connectivity index is 2.63. The third-order valence-corrected chi connectivity index (χ3v) is 3.80. The van der Waals surface area contributed by atoms with Gasteiger partial charge in [-0.2, -0.15) is 0 Å². The normalized spacial score (nSPS) is 14.6. The first-order valence-electron chi connectivity index (χ1n) is 6.08. The van der Waals surface area contributed by atoms with Gasteiger partial charge >= 0.3 is 0 Å². The molecule has 1 aromatic carbocycles. The van der Waals surface area contributed by atoms with Crippen LogP contribution in [0.5, 0.6) is 0 Å². The smallest absolute Gasteiger partial charge is 0.0546 e. The first-order chi connectivity index (χ1) is 8.17. The van der Waals surface area contributed by atoms with Crippen LogP contribution in [0.25, 0.3) is 0 Å². The van der Waals surface area contributed by atoms with Gasteiger partial charge in [-0.05, 0) is 50.9 Å². The highest BCUT2D eigenvalue weighted by Gasteiger charge is 2.14. The van der Waals surface area contributed by atoms with E-state index in [0.717, 1.165) is 19.4 Å². The van der Waals surface area contributed by atoms with Crippen LogP contribution in [-0.2, 0) is 11.2 Å². The van der Waals surface area contributed by atoms with Crippen molar-refractivity contribution in [2.45, 2.75) is 25.9 Å². The molecule has 0 saturated heterocycles. The van der Waals surface area contributed by atoms with Crippen molar-refractivity contribution in [2.24, 2.45) is 5.92 Å². The van der Waals surface area contributed by atoms with Crippen LogP contribution in [0.15, 0.2) is 28.7 Å². The highest BCUT2D eigenvalue weighted by Crippen LogP contribution is 2.21. The summed E-state index contributed by atoms with van der Waals surface area (Å²) in [6, 6.07) is 8.43. The van der Waals surface area contributed by atoms with Crippen LogP contribution in [0.3, 0.4) is 0 Å². The number of ether oxygens (including phenoxy) is 1. The molecule has 0 fully saturated rings. The van der Waals surface area contributed by atoms with Crippen LogP contribution in [-0.4, -0.2) is 26.8 Å². The van der Waals surface area contributed by atoms with Gasteiger partial charge in [0.25, 0.3) is 0 Å². The van der Waals surface area contributed by atoms with Crippen molar-refractivity contribution in [3.05, 3.63) is 34.3 Å². The van der Waals surface area contributed by atoms with Crippen molar-refractivity contribution in [3.63, 3.8) is 0 Å².